The van der Waals surface area contributed by atoms with Crippen LogP contribution in [0.1, 0.15) is 33.1 Å². The van der Waals surface area contributed by atoms with Gasteiger partial charge in [-0.2, -0.15) is 0 Å². The molecule has 0 aliphatic carbocycles. The number of nitrogens with two attached hydrogens (primary N) is 1. The molecule has 0 aliphatic heterocycles. The number of hydrogen-bond acceptors (Lipinski definition) is 3. The maximum atomic E-state index is 9.10. The maximum absolute atomic E-state index is 9.10. The molecule has 3 heteroatoms. The normalized spacial score (nSPS) is 16.2. The van der Waals surface area contributed by atoms with Gasteiger partial charge >= 0.3 is 0 Å². The molecule has 0 rings (SSSR count). The van der Waals surface area contributed by atoms with E-state index in [0.29, 0.717) is 0 Å². The van der Waals surface area contributed by atoms with E-state index in [0.717, 1.165) is 6.54 Å². The Bertz CT molecular complexity index is 117. The summed E-state index contributed by atoms with van der Waals surface area (Å²) in [5.41, 5.74) is 5.75. The van der Waals surface area contributed by atoms with E-state index in [1.165, 1.54) is 19.3 Å². The Kier molecular flexibility index (Phi) is 7.23. The fourth-order valence-corrected chi connectivity index (χ4v) is 1.48. The van der Waals surface area contributed by atoms with Crippen molar-refractivity contribution in [1.82, 2.24) is 4.90 Å². The minimum absolute atomic E-state index is 0.0385. The number of likely N-dealkylation sites (N-methyl/N-ethyl adjacent to an activating group) is 1. The van der Waals surface area contributed by atoms with Gasteiger partial charge in [-0.05, 0) is 26.9 Å². The van der Waals surface area contributed by atoms with Gasteiger partial charge in [-0.25, -0.2) is 0 Å². The number of unbranched alkanes of at least 4 members (excludes halogenated alkanes) is 2. The zero-order valence-electron chi connectivity index (χ0n) is 9.16. The van der Waals surface area contributed by atoms with E-state index >= 15 is 0 Å². The molecule has 0 aromatic carbocycles. The van der Waals surface area contributed by atoms with Crippen LogP contribution in [0, 0.1) is 0 Å². The van der Waals surface area contributed by atoms with Crippen molar-refractivity contribution in [3.63, 3.8) is 0 Å². The summed E-state index contributed by atoms with van der Waals surface area (Å²) in [5, 5.41) is 9.10. The minimum atomic E-state index is 0.0385. The molecule has 0 spiro atoms. The molecule has 0 radical (unpaired) electrons. The van der Waals surface area contributed by atoms with Crippen LogP contribution in [0.2, 0.25) is 0 Å². The topological polar surface area (TPSA) is 49.5 Å². The summed E-state index contributed by atoms with van der Waals surface area (Å²) in [4.78, 5) is 2.15. The van der Waals surface area contributed by atoms with Crippen LogP contribution in [0.4, 0.5) is 0 Å². The van der Waals surface area contributed by atoms with Crippen LogP contribution in [0.15, 0.2) is 0 Å². The third-order valence-corrected chi connectivity index (χ3v) is 2.47. The first-order chi connectivity index (χ1) is 6.13. The maximum Gasteiger partial charge on any atom is 0.0601 e. The van der Waals surface area contributed by atoms with Gasteiger partial charge in [-0.1, -0.05) is 19.8 Å². The third-order valence-electron chi connectivity index (χ3n) is 2.47. The van der Waals surface area contributed by atoms with E-state index in [2.05, 4.69) is 11.8 Å². The number of aliphatic hydroxyl groups is 1. The molecular weight excluding hydrogens is 164 g/mol. The van der Waals surface area contributed by atoms with E-state index in [4.69, 9.17) is 10.8 Å². The Hall–Kier alpha value is -0.120. The molecule has 0 aromatic heterocycles. The van der Waals surface area contributed by atoms with Crippen molar-refractivity contribution in [2.75, 3.05) is 20.2 Å². The molecule has 3 N–H and O–H groups in total. The molecule has 13 heavy (non-hydrogen) atoms. The van der Waals surface area contributed by atoms with Gasteiger partial charge in [0, 0.05) is 12.1 Å². The first kappa shape index (κ1) is 12.9. The highest BCUT2D eigenvalue weighted by atomic mass is 16.3. The molecule has 2 unspecified atom stereocenters. The molecule has 0 aromatic rings. The van der Waals surface area contributed by atoms with Crippen LogP contribution < -0.4 is 5.73 Å². The highest BCUT2D eigenvalue weighted by molar-refractivity contribution is 4.76. The fraction of sp³-hybridized carbons (Fsp3) is 1.00. The summed E-state index contributed by atoms with van der Waals surface area (Å²) in [6, 6.07) is 0.147. The zero-order chi connectivity index (χ0) is 10.3. The highest BCUT2D eigenvalue weighted by Gasteiger charge is 2.16. The van der Waals surface area contributed by atoms with E-state index < -0.39 is 0 Å². The van der Waals surface area contributed by atoms with E-state index in [9.17, 15) is 0 Å². The third kappa shape index (κ3) is 5.24. The lowest BCUT2D eigenvalue weighted by Gasteiger charge is -2.29. The molecule has 0 heterocycles. The van der Waals surface area contributed by atoms with Crippen molar-refractivity contribution >= 4 is 0 Å². The number of nitrogens with zero attached hydrogens (tertiary/aromatic N) is 1. The van der Waals surface area contributed by atoms with Crippen molar-refractivity contribution in [3.8, 4) is 0 Å². The first-order valence-corrected chi connectivity index (χ1v) is 5.20. The van der Waals surface area contributed by atoms with Crippen molar-refractivity contribution in [2.45, 2.75) is 45.2 Å². The van der Waals surface area contributed by atoms with Crippen molar-refractivity contribution in [1.29, 1.82) is 0 Å². The van der Waals surface area contributed by atoms with E-state index in [1.807, 2.05) is 14.0 Å². The lowest BCUT2D eigenvalue weighted by atomic mass is 10.1. The Balaban J connectivity index is 3.70. The quantitative estimate of drug-likeness (QED) is 0.581. The smallest absolute Gasteiger partial charge is 0.0601 e. The van der Waals surface area contributed by atoms with Crippen molar-refractivity contribution in [3.05, 3.63) is 0 Å². The zero-order valence-corrected chi connectivity index (χ0v) is 9.16. The average molecular weight is 188 g/mol. The molecule has 3 nitrogen and oxygen atoms in total. The second-order valence-corrected chi connectivity index (χ2v) is 3.80. The number of aliphatic hydroxyl groups excluding tert-OH is 1. The minimum Gasteiger partial charge on any atom is -0.395 e. The van der Waals surface area contributed by atoms with Crippen LogP contribution >= 0.6 is 0 Å². The molecular formula is C10H24N2O. The van der Waals surface area contributed by atoms with Gasteiger partial charge in [0.15, 0.2) is 0 Å². The molecule has 0 bridgehead atoms. The predicted octanol–water partition coefficient (Wildman–Crippen LogP) is 0.817. The standard InChI is InChI=1S/C10H24N2O/c1-4-5-6-7-12(3)10(8-13)9(2)11/h9-10,13H,4-8,11H2,1-3H3. The van der Waals surface area contributed by atoms with Crippen LogP contribution in [0.3, 0.4) is 0 Å². The van der Waals surface area contributed by atoms with Crippen LogP contribution in [0.5, 0.6) is 0 Å². The van der Waals surface area contributed by atoms with Gasteiger partial charge in [-0.15, -0.1) is 0 Å². The fourth-order valence-electron chi connectivity index (χ4n) is 1.48. The summed E-state index contributed by atoms with van der Waals surface area (Å²) in [6.45, 7) is 5.31. The summed E-state index contributed by atoms with van der Waals surface area (Å²) in [5.74, 6) is 0. The van der Waals surface area contributed by atoms with E-state index in [-0.39, 0.29) is 18.7 Å². The van der Waals surface area contributed by atoms with Gasteiger partial charge in [0.05, 0.1) is 6.61 Å². The lowest BCUT2D eigenvalue weighted by Crippen LogP contribution is -2.47. The summed E-state index contributed by atoms with van der Waals surface area (Å²) >= 11 is 0. The summed E-state index contributed by atoms with van der Waals surface area (Å²) < 4.78 is 0. The van der Waals surface area contributed by atoms with Gasteiger partial charge in [0.1, 0.15) is 0 Å². The number of rotatable bonds is 7. The second kappa shape index (κ2) is 7.30. The second-order valence-electron chi connectivity index (χ2n) is 3.80. The molecule has 0 saturated heterocycles. The Morgan fingerprint density at radius 2 is 2.00 bits per heavy atom. The molecule has 80 valence electrons. The Morgan fingerprint density at radius 1 is 1.38 bits per heavy atom. The monoisotopic (exact) mass is 188 g/mol. The predicted molar refractivity (Wildman–Crippen MR) is 56.7 cm³/mol. The van der Waals surface area contributed by atoms with Gasteiger partial charge in [-0.3, -0.25) is 4.90 Å². The summed E-state index contributed by atoms with van der Waals surface area (Å²) in [7, 11) is 2.03. The SMILES string of the molecule is CCCCCN(C)C(CO)C(C)N. The number of hydrogen-bond donors (Lipinski definition) is 2. The van der Waals surface area contributed by atoms with Gasteiger partial charge < -0.3 is 10.8 Å². The molecule has 0 fully saturated rings. The molecule has 0 amide bonds. The highest BCUT2D eigenvalue weighted by Crippen LogP contribution is 2.03. The summed E-state index contributed by atoms with van der Waals surface area (Å²) in [6.07, 6.45) is 3.67. The average Bonchev–Trinajstić information content (AvgIpc) is 2.05. The van der Waals surface area contributed by atoms with Gasteiger partial charge in [0.25, 0.3) is 0 Å². The largest absolute Gasteiger partial charge is 0.395 e. The van der Waals surface area contributed by atoms with E-state index in [1.54, 1.807) is 0 Å². The first-order valence-electron chi connectivity index (χ1n) is 5.20. The lowest BCUT2D eigenvalue weighted by molar-refractivity contribution is 0.129. The Labute approximate surface area is 81.9 Å². The van der Waals surface area contributed by atoms with Crippen molar-refractivity contribution in [2.24, 2.45) is 5.73 Å². The Morgan fingerprint density at radius 3 is 2.38 bits per heavy atom. The van der Waals surface area contributed by atoms with Crippen LogP contribution in [-0.2, 0) is 0 Å². The molecule has 0 aliphatic rings. The van der Waals surface area contributed by atoms with Crippen LogP contribution in [0.25, 0.3) is 0 Å². The molecule has 2 atom stereocenters. The van der Waals surface area contributed by atoms with Gasteiger partial charge in [0.2, 0.25) is 0 Å². The molecule has 0 saturated carbocycles. The van der Waals surface area contributed by atoms with Crippen molar-refractivity contribution < 1.29 is 5.11 Å². The van der Waals surface area contributed by atoms with Crippen LogP contribution in [-0.4, -0.2) is 42.3 Å².